The fourth-order valence-corrected chi connectivity index (χ4v) is 2.21. The van der Waals surface area contributed by atoms with Crippen LogP contribution in [0.25, 0.3) is 0 Å². The molecule has 0 radical (unpaired) electrons. The summed E-state index contributed by atoms with van der Waals surface area (Å²) in [5.41, 5.74) is 2.53. The highest BCUT2D eigenvalue weighted by Crippen LogP contribution is 2.35. The zero-order valence-electron chi connectivity index (χ0n) is 11.0. The molecule has 0 aliphatic rings. The van der Waals surface area contributed by atoms with Gasteiger partial charge in [0.1, 0.15) is 0 Å². The predicted octanol–water partition coefficient (Wildman–Crippen LogP) is 3.71. The Morgan fingerprint density at radius 3 is 1.88 bits per heavy atom. The van der Waals surface area contributed by atoms with E-state index in [-0.39, 0.29) is 17.4 Å². The van der Waals surface area contributed by atoms with E-state index in [9.17, 15) is 0 Å². The first-order valence-corrected chi connectivity index (χ1v) is 5.82. The van der Waals surface area contributed by atoms with Gasteiger partial charge >= 0.3 is 0 Å². The van der Waals surface area contributed by atoms with Crippen LogP contribution in [-0.2, 0) is 12.0 Å². The molecule has 0 amide bonds. The summed E-state index contributed by atoms with van der Waals surface area (Å²) in [4.78, 5) is 0. The first-order valence-electron chi connectivity index (χ1n) is 5.82. The largest absolute Gasteiger partial charge is 0.392 e. The number of rotatable bonds is 3. The Hall–Kier alpha value is -0.820. The van der Waals surface area contributed by atoms with Crippen LogP contribution >= 0.6 is 0 Å². The number of benzene rings is 1. The number of hydrogen-bond acceptors (Lipinski definition) is 1. The van der Waals surface area contributed by atoms with Crippen LogP contribution in [0.15, 0.2) is 24.3 Å². The minimum Gasteiger partial charge on any atom is -0.392 e. The zero-order valence-corrected chi connectivity index (χ0v) is 11.0. The van der Waals surface area contributed by atoms with Gasteiger partial charge in [-0.05, 0) is 5.56 Å². The molecular formula is C15H23O-. The third-order valence-electron chi connectivity index (χ3n) is 2.67. The maximum Gasteiger partial charge on any atom is 0.0681 e. The monoisotopic (exact) mass is 219 g/mol. The van der Waals surface area contributed by atoms with Gasteiger partial charge in [-0.1, -0.05) is 64.4 Å². The SMILES string of the molecule is CC(C)(C)[CH-]C(C)(C)c1ccc(CO)cc1. The maximum absolute atomic E-state index is 9.01. The van der Waals surface area contributed by atoms with Crippen molar-refractivity contribution in [3.8, 4) is 0 Å². The predicted molar refractivity (Wildman–Crippen MR) is 69.1 cm³/mol. The van der Waals surface area contributed by atoms with E-state index < -0.39 is 0 Å². The van der Waals surface area contributed by atoms with Crippen molar-refractivity contribution < 1.29 is 5.11 Å². The fourth-order valence-electron chi connectivity index (χ4n) is 2.21. The van der Waals surface area contributed by atoms with Crippen molar-refractivity contribution in [3.63, 3.8) is 0 Å². The van der Waals surface area contributed by atoms with Gasteiger partial charge in [-0.3, -0.25) is 0 Å². The van der Waals surface area contributed by atoms with Crippen LogP contribution in [0.5, 0.6) is 0 Å². The molecule has 1 N–H and O–H groups in total. The van der Waals surface area contributed by atoms with E-state index in [1.165, 1.54) is 5.56 Å². The lowest BCUT2D eigenvalue weighted by Gasteiger charge is -2.44. The molecule has 0 aliphatic heterocycles. The molecular weight excluding hydrogens is 196 g/mol. The van der Waals surface area contributed by atoms with E-state index in [1.54, 1.807) is 0 Å². The van der Waals surface area contributed by atoms with Crippen LogP contribution in [-0.4, -0.2) is 5.11 Å². The quantitative estimate of drug-likeness (QED) is 0.768. The van der Waals surface area contributed by atoms with Gasteiger partial charge in [-0.25, -0.2) is 0 Å². The molecule has 1 aromatic carbocycles. The molecule has 0 spiro atoms. The van der Waals surface area contributed by atoms with Crippen LogP contribution in [0.3, 0.4) is 0 Å². The van der Waals surface area contributed by atoms with Crippen molar-refractivity contribution in [2.75, 3.05) is 0 Å². The van der Waals surface area contributed by atoms with Gasteiger partial charge in [0.25, 0.3) is 0 Å². The molecule has 0 heterocycles. The summed E-state index contributed by atoms with van der Waals surface area (Å²) in [6.45, 7) is 11.2. The summed E-state index contributed by atoms with van der Waals surface area (Å²) in [6.07, 6.45) is 2.37. The first-order chi connectivity index (χ1) is 7.24. The summed E-state index contributed by atoms with van der Waals surface area (Å²) < 4.78 is 0. The molecule has 1 aromatic rings. The van der Waals surface area contributed by atoms with Gasteiger partial charge < -0.3 is 11.5 Å². The first kappa shape index (κ1) is 13.2. The summed E-state index contributed by atoms with van der Waals surface area (Å²) >= 11 is 0. The molecule has 90 valence electrons. The number of hydrogen-bond donors (Lipinski definition) is 1. The molecule has 0 atom stereocenters. The Morgan fingerprint density at radius 1 is 1.00 bits per heavy atom. The highest BCUT2D eigenvalue weighted by Gasteiger charge is 2.16. The van der Waals surface area contributed by atoms with Crippen molar-refractivity contribution >= 4 is 0 Å². The minimum atomic E-state index is 0.0617. The fraction of sp³-hybridized carbons (Fsp3) is 0.533. The van der Waals surface area contributed by atoms with Gasteiger partial charge in [0.15, 0.2) is 0 Å². The van der Waals surface area contributed by atoms with Gasteiger partial charge in [0, 0.05) is 0 Å². The van der Waals surface area contributed by atoms with Gasteiger partial charge in [-0.2, -0.15) is 5.41 Å². The molecule has 0 saturated carbocycles. The molecule has 0 aliphatic carbocycles. The Bertz CT molecular complexity index is 327. The average Bonchev–Trinajstić information content (AvgIpc) is 2.14. The molecule has 0 aromatic heterocycles. The van der Waals surface area contributed by atoms with Crippen LogP contribution in [0.1, 0.15) is 45.7 Å². The lowest BCUT2D eigenvalue weighted by atomic mass is 9.72. The topological polar surface area (TPSA) is 20.2 Å². The summed E-state index contributed by atoms with van der Waals surface area (Å²) in [6, 6.07) is 8.20. The summed E-state index contributed by atoms with van der Waals surface area (Å²) in [5.74, 6) is 0. The molecule has 1 rings (SSSR count). The highest BCUT2D eigenvalue weighted by atomic mass is 16.3. The van der Waals surface area contributed by atoms with Crippen molar-refractivity contribution in [3.05, 3.63) is 41.8 Å². The highest BCUT2D eigenvalue weighted by molar-refractivity contribution is 5.31. The van der Waals surface area contributed by atoms with E-state index >= 15 is 0 Å². The normalized spacial score (nSPS) is 12.9. The van der Waals surface area contributed by atoms with E-state index in [0.717, 1.165) is 5.56 Å². The lowest BCUT2D eigenvalue weighted by molar-refractivity contribution is 0.281. The Labute approximate surface area is 99.5 Å². The van der Waals surface area contributed by atoms with Crippen molar-refractivity contribution in [1.29, 1.82) is 0 Å². The summed E-state index contributed by atoms with van der Waals surface area (Å²) in [7, 11) is 0. The van der Waals surface area contributed by atoms with E-state index in [2.05, 4.69) is 53.2 Å². The van der Waals surface area contributed by atoms with Crippen LogP contribution < -0.4 is 0 Å². The molecule has 0 unspecified atom stereocenters. The minimum absolute atomic E-state index is 0.0617. The van der Waals surface area contributed by atoms with Crippen molar-refractivity contribution in [1.82, 2.24) is 0 Å². The Morgan fingerprint density at radius 2 is 1.50 bits per heavy atom. The Kier molecular flexibility index (Phi) is 3.80. The van der Waals surface area contributed by atoms with Gasteiger partial charge in [0.05, 0.1) is 6.61 Å². The smallest absolute Gasteiger partial charge is 0.0681 e. The maximum atomic E-state index is 9.01. The number of aliphatic hydroxyl groups is 1. The van der Waals surface area contributed by atoms with Crippen molar-refractivity contribution in [2.24, 2.45) is 5.41 Å². The molecule has 1 heteroatoms. The third-order valence-corrected chi connectivity index (χ3v) is 2.67. The standard InChI is InChI=1S/C15H23O/c1-14(2,3)11-15(4,5)13-8-6-12(10-16)7-9-13/h6-9,11,16H,10H2,1-5H3/q-1. The van der Waals surface area contributed by atoms with E-state index in [0.29, 0.717) is 0 Å². The van der Waals surface area contributed by atoms with Crippen LogP contribution in [0.4, 0.5) is 0 Å². The zero-order chi connectivity index (χ0) is 12.4. The second-order valence-electron chi connectivity index (χ2n) is 6.09. The second-order valence-corrected chi connectivity index (χ2v) is 6.09. The van der Waals surface area contributed by atoms with Crippen LogP contribution in [0, 0.1) is 11.8 Å². The molecule has 16 heavy (non-hydrogen) atoms. The third kappa shape index (κ3) is 3.64. The molecule has 0 fully saturated rings. The lowest BCUT2D eigenvalue weighted by Crippen LogP contribution is -2.25. The second kappa shape index (κ2) is 4.58. The van der Waals surface area contributed by atoms with Crippen molar-refractivity contribution in [2.45, 2.75) is 46.6 Å². The van der Waals surface area contributed by atoms with Gasteiger partial charge in [-0.15, -0.1) is 5.41 Å². The van der Waals surface area contributed by atoms with Crippen LogP contribution in [0.2, 0.25) is 0 Å². The summed E-state index contributed by atoms with van der Waals surface area (Å²) in [5, 5.41) is 9.01. The number of aliphatic hydroxyl groups excluding tert-OH is 1. The molecule has 0 saturated heterocycles. The molecule has 1 nitrogen and oxygen atoms in total. The van der Waals surface area contributed by atoms with Gasteiger partial charge in [0.2, 0.25) is 0 Å². The Balaban J connectivity index is 2.89. The van der Waals surface area contributed by atoms with E-state index in [4.69, 9.17) is 5.11 Å². The average molecular weight is 219 g/mol. The van der Waals surface area contributed by atoms with E-state index in [1.807, 2.05) is 12.1 Å². The molecule has 0 bridgehead atoms.